The van der Waals surface area contributed by atoms with Crippen LogP contribution in [0.1, 0.15) is 28.8 Å². The first-order valence-electron chi connectivity index (χ1n) is 8.03. The van der Waals surface area contributed by atoms with Crippen LogP contribution in [-0.2, 0) is 4.79 Å². The third-order valence-electron chi connectivity index (χ3n) is 4.23. The maximum absolute atomic E-state index is 12.5. The Morgan fingerprint density at radius 3 is 2.69 bits per heavy atom. The molecule has 2 amide bonds. The Morgan fingerprint density at radius 2 is 2.04 bits per heavy atom. The van der Waals surface area contributed by atoms with Crippen molar-refractivity contribution in [3.8, 4) is 0 Å². The van der Waals surface area contributed by atoms with E-state index in [1.165, 1.54) is 18.2 Å². The van der Waals surface area contributed by atoms with Crippen LogP contribution < -0.4 is 10.2 Å². The fourth-order valence-electron chi connectivity index (χ4n) is 2.93. The molecular formula is C18H16ClN3O4. The monoisotopic (exact) mass is 373 g/mol. The topological polar surface area (TPSA) is 92.5 Å². The molecule has 1 aliphatic rings. The van der Waals surface area contributed by atoms with Crippen LogP contribution >= 0.6 is 11.6 Å². The fraction of sp³-hybridized carbons (Fsp3) is 0.222. The summed E-state index contributed by atoms with van der Waals surface area (Å²) in [6.45, 7) is 2.52. The Morgan fingerprint density at radius 1 is 1.27 bits per heavy atom. The summed E-state index contributed by atoms with van der Waals surface area (Å²) in [7, 11) is 0. The first-order chi connectivity index (χ1) is 12.4. The highest BCUT2D eigenvalue weighted by atomic mass is 35.5. The number of nitrogens with one attached hydrogen (secondary N) is 1. The van der Waals surface area contributed by atoms with Gasteiger partial charge in [-0.15, -0.1) is 0 Å². The molecule has 0 atom stereocenters. The second-order valence-electron chi connectivity index (χ2n) is 6.02. The van der Waals surface area contributed by atoms with Gasteiger partial charge in [-0.3, -0.25) is 19.7 Å². The van der Waals surface area contributed by atoms with E-state index in [1.807, 2.05) is 6.92 Å². The standard InChI is InChI=1S/C18H16ClN3O4/c1-11-4-6-13(10-16(11)21-8-2-3-17(21)23)20-18(24)14-9-12(19)5-7-15(14)22(25)26/h4-7,9-10H,2-3,8H2,1H3,(H,20,24). The third kappa shape index (κ3) is 3.52. The molecule has 1 heterocycles. The molecule has 134 valence electrons. The van der Waals surface area contributed by atoms with E-state index in [-0.39, 0.29) is 22.2 Å². The molecule has 8 heteroatoms. The summed E-state index contributed by atoms with van der Waals surface area (Å²) in [4.78, 5) is 36.7. The van der Waals surface area contributed by atoms with Crippen molar-refractivity contribution in [3.05, 3.63) is 62.7 Å². The molecule has 0 bridgehead atoms. The molecule has 0 unspecified atom stereocenters. The van der Waals surface area contributed by atoms with E-state index in [2.05, 4.69) is 5.32 Å². The predicted molar refractivity (Wildman–Crippen MR) is 98.8 cm³/mol. The number of hydrogen-bond acceptors (Lipinski definition) is 4. The van der Waals surface area contributed by atoms with E-state index in [0.29, 0.717) is 18.7 Å². The molecule has 2 aromatic carbocycles. The van der Waals surface area contributed by atoms with Gasteiger partial charge in [0.25, 0.3) is 11.6 Å². The molecule has 0 aliphatic carbocycles. The molecule has 1 saturated heterocycles. The van der Waals surface area contributed by atoms with Gasteiger partial charge < -0.3 is 10.2 Å². The average Bonchev–Trinajstić information content (AvgIpc) is 3.02. The SMILES string of the molecule is Cc1ccc(NC(=O)c2cc(Cl)ccc2[N+](=O)[O-])cc1N1CCCC1=O. The number of carbonyl (C=O) groups excluding carboxylic acids is 2. The number of benzene rings is 2. The number of nitro benzene ring substituents is 1. The lowest BCUT2D eigenvalue weighted by Crippen LogP contribution is -2.24. The Bertz CT molecular complexity index is 913. The Balaban J connectivity index is 1.90. The second kappa shape index (κ2) is 7.13. The molecule has 3 rings (SSSR count). The van der Waals surface area contributed by atoms with Crippen molar-refractivity contribution >= 4 is 40.5 Å². The number of halogens is 1. The highest BCUT2D eigenvalue weighted by Gasteiger charge is 2.24. The lowest BCUT2D eigenvalue weighted by Gasteiger charge is -2.19. The van der Waals surface area contributed by atoms with Crippen molar-refractivity contribution in [2.45, 2.75) is 19.8 Å². The van der Waals surface area contributed by atoms with Gasteiger partial charge in [-0.25, -0.2) is 0 Å². The van der Waals surface area contributed by atoms with Gasteiger partial charge in [-0.1, -0.05) is 17.7 Å². The van der Waals surface area contributed by atoms with Crippen molar-refractivity contribution in [1.82, 2.24) is 0 Å². The minimum absolute atomic E-state index is 0.0436. The van der Waals surface area contributed by atoms with Crippen LogP contribution in [0, 0.1) is 17.0 Å². The molecule has 0 aromatic heterocycles. The molecule has 7 nitrogen and oxygen atoms in total. The lowest BCUT2D eigenvalue weighted by atomic mass is 10.1. The maximum Gasteiger partial charge on any atom is 0.282 e. The van der Waals surface area contributed by atoms with Gasteiger partial charge in [0.1, 0.15) is 5.56 Å². The van der Waals surface area contributed by atoms with Gasteiger partial charge >= 0.3 is 0 Å². The zero-order valence-electron chi connectivity index (χ0n) is 14.0. The largest absolute Gasteiger partial charge is 0.322 e. The van der Waals surface area contributed by atoms with E-state index in [9.17, 15) is 19.7 Å². The highest BCUT2D eigenvalue weighted by molar-refractivity contribution is 6.31. The summed E-state index contributed by atoms with van der Waals surface area (Å²) in [5, 5.41) is 14.0. The van der Waals surface area contributed by atoms with E-state index in [1.54, 1.807) is 23.1 Å². The van der Waals surface area contributed by atoms with Crippen LogP contribution in [0.4, 0.5) is 17.1 Å². The van der Waals surface area contributed by atoms with Crippen LogP contribution in [0.5, 0.6) is 0 Å². The summed E-state index contributed by atoms with van der Waals surface area (Å²) >= 11 is 5.87. The van der Waals surface area contributed by atoms with Crippen LogP contribution in [0.2, 0.25) is 5.02 Å². The number of nitro groups is 1. The average molecular weight is 374 g/mol. The van der Waals surface area contributed by atoms with E-state index in [0.717, 1.165) is 17.7 Å². The third-order valence-corrected chi connectivity index (χ3v) is 4.47. The van der Waals surface area contributed by atoms with Crippen molar-refractivity contribution in [1.29, 1.82) is 0 Å². The summed E-state index contributed by atoms with van der Waals surface area (Å²) in [6, 6.07) is 9.00. The molecule has 26 heavy (non-hydrogen) atoms. The van der Waals surface area contributed by atoms with Gasteiger partial charge in [0, 0.05) is 35.4 Å². The van der Waals surface area contributed by atoms with Gasteiger partial charge in [-0.2, -0.15) is 0 Å². The Hall–Kier alpha value is -2.93. The molecule has 1 N–H and O–H groups in total. The Labute approximate surface area is 154 Å². The number of carbonyl (C=O) groups is 2. The number of hydrogen-bond donors (Lipinski definition) is 1. The summed E-state index contributed by atoms with van der Waals surface area (Å²) in [5.41, 5.74) is 1.64. The van der Waals surface area contributed by atoms with E-state index in [4.69, 9.17) is 11.6 Å². The molecular weight excluding hydrogens is 358 g/mol. The summed E-state index contributed by atoms with van der Waals surface area (Å²) in [6.07, 6.45) is 1.30. The van der Waals surface area contributed by atoms with Crippen LogP contribution in [0.25, 0.3) is 0 Å². The maximum atomic E-state index is 12.5. The van der Waals surface area contributed by atoms with Gasteiger partial charge in [0.05, 0.1) is 4.92 Å². The minimum atomic E-state index is -0.637. The van der Waals surface area contributed by atoms with Crippen LogP contribution in [-0.4, -0.2) is 23.3 Å². The normalized spacial score (nSPS) is 13.8. The molecule has 0 spiro atoms. The minimum Gasteiger partial charge on any atom is -0.322 e. The number of amides is 2. The summed E-state index contributed by atoms with van der Waals surface area (Å²) in [5.74, 6) is -0.594. The smallest absolute Gasteiger partial charge is 0.282 e. The van der Waals surface area contributed by atoms with Crippen LogP contribution in [0.15, 0.2) is 36.4 Å². The van der Waals surface area contributed by atoms with Crippen molar-refractivity contribution < 1.29 is 14.5 Å². The quantitative estimate of drug-likeness (QED) is 0.649. The first kappa shape index (κ1) is 17.9. The number of anilines is 2. The molecule has 1 fully saturated rings. The van der Waals surface area contributed by atoms with Crippen molar-refractivity contribution in [2.24, 2.45) is 0 Å². The van der Waals surface area contributed by atoms with Gasteiger partial charge in [0.15, 0.2) is 0 Å². The van der Waals surface area contributed by atoms with E-state index >= 15 is 0 Å². The summed E-state index contributed by atoms with van der Waals surface area (Å²) < 4.78 is 0. The molecule has 0 saturated carbocycles. The highest BCUT2D eigenvalue weighted by Crippen LogP contribution is 2.29. The fourth-order valence-corrected chi connectivity index (χ4v) is 3.10. The zero-order valence-corrected chi connectivity index (χ0v) is 14.7. The number of rotatable bonds is 4. The zero-order chi connectivity index (χ0) is 18.8. The first-order valence-corrected chi connectivity index (χ1v) is 8.41. The number of nitrogens with zero attached hydrogens (tertiary/aromatic N) is 2. The van der Waals surface area contributed by atoms with Gasteiger partial charge in [-0.05, 0) is 43.2 Å². The van der Waals surface area contributed by atoms with Crippen molar-refractivity contribution in [2.75, 3.05) is 16.8 Å². The number of aryl methyl sites for hydroxylation is 1. The molecule has 0 radical (unpaired) electrons. The second-order valence-corrected chi connectivity index (χ2v) is 6.46. The van der Waals surface area contributed by atoms with Crippen LogP contribution in [0.3, 0.4) is 0 Å². The van der Waals surface area contributed by atoms with E-state index < -0.39 is 10.8 Å². The lowest BCUT2D eigenvalue weighted by molar-refractivity contribution is -0.385. The van der Waals surface area contributed by atoms with Crippen molar-refractivity contribution in [3.63, 3.8) is 0 Å². The molecule has 2 aromatic rings. The predicted octanol–water partition coefficient (Wildman–Crippen LogP) is 3.94. The Kier molecular flexibility index (Phi) is 4.90. The molecule has 1 aliphatic heterocycles. The van der Waals surface area contributed by atoms with Gasteiger partial charge in [0.2, 0.25) is 5.91 Å².